The van der Waals surface area contributed by atoms with Gasteiger partial charge in [0, 0.05) is 20.4 Å². The second-order valence-electron chi connectivity index (χ2n) is 4.18. The van der Waals surface area contributed by atoms with Crippen LogP contribution in [0.1, 0.15) is 29.7 Å². The lowest BCUT2D eigenvalue weighted by atomic mass is 10.1. The zero-order valence-corrected chi connectivity index (χ0v) is 15.6. The van der Waals surface area contributed by atoms with E-state index in [9.17, 15) is 0 Å². The monoisotopic (exact) mass is 408 g/mol. The molecule has 2 rings (SSSR count). The fourth-order valence-electron chi connectivity index (χ4n) is 1.91. The molecule has 6 heteroatoms. The van der Waals surface area contributed by atoms with Crippen molar-refractivity contribution in [2.75, 3.05) is 13.2 Å². The topological polar surface area (TPSA) is 18.5 Å². The Bertz CT molecular complexity index is 616. The summed E-state index contributed by atoms with van der Waals surface area (Å²) in [5.41, 5.74) is 0.813. The van der Waals surface area contributed by atoms with Crippen LogP contribution in [-0.4, -0.2) is 13.2 Å². The third kappa shape index (κ3) is 3.86. The SMILES string of the molecule is CCOc1cc(Cl)c(C(Cl)c2sccc2Br)cc1OCC. The third-order valence-corrected chi connectivity index (χ3v) is 5.66. The smallest absolute Gasteiger partial charge is 0.162 e. The summed E-state index contributed by atoms with van der Waals surface area (Å²) in [6.07, 6.45) is 0. The molecule has 1 unspecified atom stereocenters. The fraction of sp³-hybridized carbons (Fsp3) is 0.333. The molecule has 0 saturated carbocycles. The van der Waals surface area contributed by atoms with Gasteiger partial charge in [-0.2, -0.15) is 0 Å². The molecule has 1 atom stereocenters. The Morgan fingerprint density at radius 1 is 1.19 bits per heavy atom. The van der Waals surface area contributed by atoms with Gasteiger partial charge in [-0.05, 0) is 52.9 Å². The summed E-state index contributed by atoms with van der Waals surface area (Å²) in [6.45, 7) is 4.95. The second-order valence-corrected chi connectivity index (χ2v) is 6.83. The number of rotatable bonds is 6. The average Bonchev–Trinajstić information content (AvgIpc) is 2.87. The quantitative estimate of drug-likeness (QED) is 0.522. The Hall–Kier alpha value is -0.420. The number of benzene rings is 1. The maximum absolute atomic E-state index is 6.58. The van der Waals surface area contributed by atoms with E-state index in [0.29, 0.717) is 29.7 Å². The zero-order valence-electron chi connectivity index (χ0n) is 11.7. The van der Waals surface area contributed by atoms with Crippen LogP contribution in [0.4, 0.5) is 0 Å². The molecule has 0 amide bonds. The molecule has 0 aliphatic rings. The number of hydrogen-bond donors (Lipinski definition) is 0. The van der Waals surface area contributed by atoms with Crippen molar-refractivity contribution in [3.05, 3.63) is 43.5 Å². The van der Waals surface area contributed by atoms with Crippen molar-refractivity contribution in [1.29, 1.82) is 0 Å². The van der Waals surface area contributed by atoms with Crippen LogP contribution in [0.25, 0.3) is 0 Å². The first kappa shape index (κ1) is 16.9. The van der Waals surface area contributed by atoms with Gasteiger partial charge in [0.05, 0.1) is 18.6 Å². The van der Waals surface area contributed by atoms with Crippen LogP contribution in [-0.2, 0) is 0 Å². The standard InChI is InChI=1S/C15H15BrCl2O2S/c1-3-19-12-7-9(11(17)8-13(12)20-4-2)14(18)15-10(16)5-6-21-15/h5-8,14H,3-4H2,1-2H3. The minimum absolute atomic E-state index is 0.332. The molecule has 2 aromatic rings. The van der Waals surface area contributed by atoms with E-state index in [4.69, 9.17) is 32.7 Å². The number of ether oxygens (including phenoxy) is 2. The van der Waals surface area contributed by atoms with Crippen LogP contribution in [0.5, 0.6) is 11.5 Å². The van der Waals surface area contributed by atoms with Crippen molar-refractivity contribution in [2.24, 2.45) is 0 Å². The number of thiophene rings is 1. The van der Waals surface area contributed by atoms with E-state index in [0.717, 1.165) is 14.9 Å². The van der Waals surface area contributed by atoms with Crippen LogP contribution in [0.2, 0.25) is 5.02 Å². The van der Waals surface area contributed by atoms with Gasteiger partial charge in [0.2, 0.25) is 0 Å². The number of alkyl halides is 1. The van der Waals surface area contributed by atoms with E-state index in [1.54, 1.807) is 17.4 Å². The zero-order chi connectivity index (χ0) is 15.4. The molecule has 0 N–H and O–H groups in total. The lowest BCUT2D eigenvalue weighted by Crippen LogP contribution is -2.01. The first-order valence-electron chi connectivity index (χ1n) is 6.54. The second kappa shape index (κ2) is 7.73. The highest BCUT2D eigenvalue weighted by molar-refractivity contribution is 9.10. The fourth-order valence-corrected chi connectivity index (χ4v) is 4.41. The van der Waals surface area contributed by atoms with Crippen molar-refractivity contribution in [3.63, 3.8) is 0 Å². The summed E-state index contributed by atoms with van der Waals surface area (Å²) in [4.78, 5) is 1.02. The van der Waals surface area contributed by atoms with Crippen molar-refractivity contribution >= 4 is 50.5 Å². The van der Waals surface area contributed by atoms with Gasteiger partial charge in [-0.1, -0.05) is 11.6 Å². The molecule has 0 aliphatic heterocycles. The predicted octanol–water partition coefficient (Wildman–Crippen LogP) is 6.29. The van der Waals surface area contributed by atoms with Gasteiger partial charge >= 0.3 is 0 Å². The number of hydrogen-bond acceptors (Lipinski definition) is 3. The van der Waals surface area contributed by atoms with Crippen molar-refractivity contribution in [2.45, 2.75) is 19.2 Å². The molecule has 1 aromatic carbocycles. The largest absolute Gasteiger partial charge is 0.490 e. The third-order valence-electron chi connectivity index (χ3n) is 2.81. The highest BCUT2D eigenvalue weighted by Gasteiger charge is 2.21. The minimum atomic E-state index is -0.332. The van der Waals surface area contributed by atoms with Gasteiger partial charge in [0.1, 0.15) is 0 Å². The van der Waals surface area contributed by atoms with E-state index >= 15 is 0 Å². The van der Waals surface area contributed by atoms with Gasteiger partial charge in [0.15, 0.2) is 11.5 Å². The summed E-state index contributed by atoms with van der Waals surface area (Å²) < 4.78 is 12.2. The summed E-state index contributed by atoms with van der Waals surface area (Å²) in [6, 6.07) is 5.60. The molecule has 1 aromatic heterocycles. The summed E-state index contributed by atoms with van der Waals surface area (Å²) in [5, 5.41) is 2.23. The van der Waals surface area contributed by atoms with Crippen LogP contribution >= 0.6 is 50.5 Å². The Labute approximate surface area is 147 Å². The van der Waals surface area contributed by atoms with Crippen molar-refractivity contribution in [1.82, 2.24) is 0 Å². The molecule has 0 spiro atoms. The van der Waals surface area contributed by atoms with Crippen LogP contribution in [0.15, 0.2) is 28.1 Å². The molecule has 0 saturated heterocycles. The molecule has 0 fully saturated rings. The van der Waals surface area contributed by atoms with Crippen LogP contribution in [0, 0.1) is 0 Å². The molecular formula is C15H15BrCl2O2S. The Morgan fingerprint density at radius 3 is 2.33 bits per heavy atom. The molecule has 0 radical (unpaired) electrons. The van der Waals surface area contributed by atoms with E-state index < -0.39 is 0 Å². The van der Waals surface area contributed by atoms with E-state index in [2.05, 4.69) is 15.9 Å². The van der Waals surface area contributed by atoms with Crippen molar-refractivity contribution < 1.29 is 9.47 Å². The van der Waals surface area contributed by atoms with Crippen LogP contribution in [0.3, 0.4) is 0 Å². The molecule has 21 heavy (non-hydrogen) atoms. The van der Waals surface area contributed by atoms with Crippen LogP contribution < -0.4 is 9.47 Å². The minimum Gasteiger partial charge on any atom is -0.490 e. The Kier molecular flexibility index (Phi) is 6.23. The lowest BCUT2D eigenvalue weighted by Gasteiger charge is -2.16. The van der Waals surface area contributed by atoms with Gasteiger partial charge < -0.3 is 9.47 Å². The predicted molar refractivity (Wildman–Crippen MR) is 93.5 cm³/mol. The molecule has 114 valence electrons. The Balaban J connectivity index is 2.44. The molecule has 1 heterocycles. The van der Waals surface area contributed by atoms with Gasteiger partial charge in [-0.25, -0.2) is 0 Å². The molecule has 2 nitrogen and oxygen atoms in total. The van der Waals surface area contributed by atoms with Gasteiger partial charge in [-0.15, -0.1) is 22.9 Å². The summed E-state index contributed by atoms with van der Waals surface area (Å²) in [5.74, 6) is 1.30. The van der Waals surface area contributed by atoms with Crippen molar-refractivity contribution in [3.8, 4) is 11.5 Å². The van der Waals surface area contributed by atoms with E-state index in [1.165, 1.54) is 0 Å². The summed E-state index contributed by atoms with van der Waals surface area (Å²) in [7, 11) is 0. The maximum atomic E-state index is 6.58. The van der Waals surface area contributed by atoms with E-state index in [1.807, 2.05) is 31.4 Å². The highest BCUT2D eigenvalue weighted by atomic mass is 79.9. The highest BCUT2D eigenvalue weighted by Crippen LogP contribution is 2.44. The molecular weight excluding hydrogens is 395 g/mol. The first-order chi connectivity index (χ1) is 10.1. The normalized spacial score (nSPS) is 12.2. The maximum Gasteiger partial charge on any atom is 0.162 e. The van der Waals surface area contributed by atoms with Gasteiger partial charge in [-0.3, -0.25) is 0 Å². The Morgan fingerprint density at radius 2 is 1.81 bits per heavy atom. The number of halogens is 3. The summed E-state index contributed by atoms with van der Waals surface area (Å²) >= 11 is 18.0. The lowest BCUT2D eigenvalue weighted by molar-refractivity contribution is 0.287. The van der Waals surface area contributed by atoms with Gasteiger partial charge in [0.25, 0.3) is 0 Å². The first-order valence-corrected chi connectivity index (χ1v) is 9.03. The molecule has 0 aliphatic carbocycles. The average molecular weight is 410 g/mol. The molecule has 0 bridgehead atoms. The van der Waals surface area contributed by atoms with E-state index in [-0.39, 0.29) is 5.38 Å².